The van der Waals surface area contributed by atoms with Crippen molar-refractivity contribution < 1.29 is 5.11 Å². The van der Waals surface area contributed by atoms with E-state index in [1.165, 1.54) is 0 Å². The first-order valence-corrected chi connectivity index (χ1v) is 6.08. The lowest BCUT2D eigenvalue weighted by Gasteiger charge is -2.16. The molecule has 1 aromatic rings. The summed E-state index contributed by atoms with van der Waals surface area (Å²) in [4.78, 5) is 2.07. The molecule has 0 aliphatic heterocycles. The van der Waals surface area contributed by atoms with Crippen LogP contribution in [0.15, 0.2) is 24.3 Å². The van der Waals surface area contributed by atoms with Crippen molar-refractivity contribution in [3.8, 4) is 0 Å². The number of aliphatic hydroxyl groups is 1. The fraction of sp³-hybridized carbons (Fsp3) is 0.571. The van der Waals surface area contributed by atoms with Crippen molar-refractivity contribution in [1.82, 2.24) is 0 Å². The van der Waals surface area contributed by atoms with Crippen LogP contribution in [-0.2, 0) is 5.60 Å². The summed E-state index contributed by atoms with van der Waals surface area (Å²) in [6.45, 7) is 2.18. The van der Waals surface area contributed by atoms with Crippen LogP contribution < -0.4 is 4.90 Å². The highest BCUT2D eigenvalue weighted by Crippen LogP contribution is 2.54. The van der Waals surface area contributed by atoms with E-state index in [2.05, 4.69) is 24.0 Å². The SMILES string of the molecule is CCCC1CC1(O)c1cccc(N(C)C)c1. The number of hydrogen-bond donors (Lipinski definition) is 1. The summed E-state index contributed by atoms with van der Waals surface area (Å²) in [5, 5.41) is 10.5. The van der Waals surface area contributed by atoms with Crippen molar-refractivity contribution in [2.24, 2.45) is 5.92 Å². The molecule has 88 valence electrons. The van der Waals surface area contributed by atoms with Gasteiger partial charge < -0.3 is 10.0 Å². The molecule has 1 aliphatic carbocycles. The molecule has 0 aromatic heterocycles. The van der Waals surface area contributed by atoms with E-state index < -0.39 is 5.60 Å². The maximum Gasteiger partial charge on any atom is 0.0930 e. The second-order valence-corrected chi connectivity index (χ2v) is 5.06. The molecule has 0 heterocycles. The van der Waals surface area contributed by atoms with Gasteiger partial charge in [0.1, 0.15) is 0 Å². The van der Waals surface area contributed by atoms with E-state index in [1.54, 1.807) is 0 Å². The van der Waals surface area contributed by atoms with Crippen molar-refractivity contribution in [3.05, 3.63) is 29.8 Å². The standard InChI is InChI=1S/C14H21NO/c1-4-6-12-10-14(12,16)11-7-5-8-13(9-11)15(2)3/h5,7-9,12,16H,4,6,10H2,1-3H3. The Bertz CT molecular complexity index is 375. The third kappa shape index (κ3) is 1.94. The van der Waals surface area contributed by atoms with Crippen molar-refractivity contribution in [1.29, 1.82) is 0 Å². The predicted molar refractivity (Wildman–Crippen MR) is 67.7 cm³/mol. The summed E-state index contributed by atoms with van der Waals surface area (Å²) in [6.07, 6.45) is 3.21. The van der Waals surface area contributed by atoms with Crippen molar-refractivity contribution in [2.75, 3.05) is 19.0 Å². The average molecular weight is 219 g/mol. The van der Waals surface area contributed by atoms with Gasteiger partial charge in [0, 0.05) is 19.8 Å². The van der Waals surface area contributed by atoms with Gasteiger partial charge >= 0.3 is 0 Å². The van der Waals surface area contributed by atoms with E-state index in [9.17, 15) is 5.11 Å². The van der Waals surface area contributed by atoms with Gasteiger partial charge in [-0.2, -0.15) is 0 Å². The smallest absolute Gasteiger partial charge is 0.0930 e. The first kappa shape index (κ1) is 11.5. The van der Waals surface area contributed by atoms with Gasteiger partial charge in [-0.3, -0.25) is 0 Å². The molecule has 2 heteroatoms. The second-order valence-electron chi connectivity index (χ2n) is 5.06. The second kappa shape index (κ2) is 4.10. The minimum atomic E-state index is -0.540. The van der Waals surface area contributed by atoms with Crippen LogP contribution in [0.25, 0.3) is 0 Å². The van der Waals surface area contributed by atoms with Crippen LogP contribution in [0.2, 0.25) is 0 Å². The van der Waals surface area contributed by atoms with Crippen LogP contribution in [0.5, 0.6) is 0 Å². The Kier molecular flexibility index (Phi) is 2.94. The Morgan fingerprint density at radius 3 is 2.81 bits per heavy atom. The van der Waals surface area contributed by atoms with Crippen LogP contribution in [0.1, 0.15) is 31.7 Å². The Morgan fingerprint density at radius 2 is 2.19 bits per heavy atom. The third-order valence-corrected chi connectivity index (χ3v) is 3.57. The predicted octanol–water partition coefficient (Wildman–Crippen LogP) is 2.76. The molecular formula is C14H21NO. The highest BCUT2D eigenvalue weighted by Gasteiger charge is 2.53. The summed E-state index contributed by atoms with van der Waals surface area (Å²) in [5.74, 6) is 0.468. The molecule has 0 spiro atoms. The lowest BCUT2D eigenvalue weighted by atomic mass is 10.0. The number of rotatable bonds is 4. The fourth-order valence-electron chi connectivity index (χ4n) is 2.41. The lowest BCUT2D eigenvalue weighted by molar-refractivity contribution is 0.129. The molecular weight excluding hydrogens is 198 g/mol. The van der Waals surface area contributed by atoms with Crippen LogP contribution in [0.4, 0.5) is 5.69 Å². The number of anilines is 1. The highest BCUT2D eigenvalue weighted by molar-refractivity contribution is 5.49. The quantitative estimate of drug-likeness (QED) is 0.841. The van der Waals surface area contributed by atoms with Crippen molar-refractivity contribution in [3.63, 3.8) is 0 Å². The molecule has 16 heavy (non-hydrogen) atoms. The molecule has 2 rings (SSSR count). The van der Waals surface area contributed by atoms with E-state index >= 15 is 0 Å². The van der Waals surface area contributed by atoms with Crippen molar-refractivity contribution in [2.45, 2.75) is 31.8 Å². The molecule has 0 bridgehead atoms. The lowest BCUT2D eigenvalue weighted by Crippen LogP contribution is -2.12. The van der Waals surface area contributed by atoms with E-state index in [0.717, 1.165) is 30.5 Å². The van der Waals surface area contributed by atoms with Crippen LogP contribution in [0.3, 0.4) is 0 Å². The monoisotopic (exact) mass is 219 g/mol. The maximum absolute atomic E-state index is 10.5. The topological polar surface area (TPSA) is 23.5 Å². The molecule has 1 fully saturated rings. The largest absolute Gasteiger partial charge is 0.385 e. The molecule has 2 atom stereocenters. The molecule has 0 amide bonds. The zero-order valence-electron chi connectivity index (χ0n) is 10.4. The summed E-state index contributed by atoms with van der Waals surface area (Å²) >= 11 is 0. The molecule has 1 aliphatic rings. The van der Waals surface area contributed by atoms with E-state index in [-0.39, 0.29) is 0 Å². The average Bonchev–Trinajstić information content (AvgIpc) is 2.92. The van der Waals surface area contributed by atoms with Gasteiger partial charge in [-0.1, -0.05) is 25.5 Å². The van der Waals surface area contributed by atoms with E-state index in [1.807, 2.05) is 26.2 Å². The number of hydrogen-bond acceptors (Lipinski definition) is 2. The number of benzene rings is 1. The van der Waals surface area contributed by atoms with Gasteiger partial charge in [-0.05, 0) is 36.5 Å². The Morgan fingerprint density at radius 1 is 1.44 bits per heavy atom. The summed E-state index contributed by atoms with van der Waals surface area (Å²) < 4.78 is 0. The zero-order chi connectivity index (χ0) is 11.8. The Balaban J connectivity index is 2.19. The van der Waals surface area contributed by atoms with Gasteiger partial charge in [0.15, 0.2) is 0 Å². The molecule has 0 saturated heterocycles. The summed E-state index contributed by atoms with van der Waals surface area (Å²) in [7, 11) is 4.05. The maximum atomic E-state index is 10.5. The Hall–Kier alpha value is -1.02. The summed E-state index contributed by atoms with van der Waals surface area (Å²) in [6, 6.07) is 8.26. The molecule has 2 nitrogen and oxygen atoms in total. The van der Waals surface area contributed by atoms with E-state index in [0.29, 0.717) is 5.92 Å². The normalized spacial score (nSPS) is 27.9. The molecule has 1 aromatic carbocycles. The molecule has 1 N–H and O–H groups in total. The molecule has 2 unspecified atom stereocenters. The van der Waals surface area contributed by atoms with Gasteiger partial charge in [0.05, 0.1) is 5.60 Å². The Labute approximate surface area is 97.9 Å². The molecule has 0 radical (unpaired) electrons. The van der Waals surface area contributed by atoms with Gasteiger partial charge in [0.2, 0.25) is 0 Å². The van der Waals surface area contributed by atoms with Gasteiger partial charge in [-0.15, -0.1) is 0 Å². The van der Waals surface area contributed by atoms with Gasteiger partial charge in [0.25, 0.3) is 0 Å². The van der Waals surface area contributed by atoms with Crippen molar-refractivity contribution >= 4 is 5.69 Å². The molecule has 1 saturated carbocycles. The van der Waals surface area contributed by atoms with Gasteiger partial charge in [-0.25, -0.2) is 0 Å². The van der Waals surface area contributed by atoms with Crippen LogP contribution >= 0.6 is 0 Å². The van der Waals surface area contributed by atoms with Crippen LogP contribution in [-0.4, -0.2) is 19.2 Å². The zero-order valence-corrected chi connectivity index (χ0v) is 10.4. The highest BCUT2D eigenvalue weighted by atomic mass is 16.3. The number of nitrogens with zero attached hydrogens (tertiary/aromatic N) is 1. The minimum absolute atomic E-state index is 0.468. The fourth-order valence-corrected chi connectivity index (χ4v) is 2.41. The third-order valence-electron chi connectivity index (χ3n) is 3.57. The first-order chi connectivity index (χ1) is 7.58. The summed E-state index contributed by atoms with van der Waals surface area (Å²) in [5.41, 5.74) is 1.70. The minimum Gasteiger partial charge on any atom is -0.385 e. The van der Waals surface area contributed by atoms with E-state index in [4.69, 9.17) is 0 Å². The van der Waals surface area contributed by atoms with Crippen LogP contribution in [0, 0.1) is 5.92 Å². The first-order valence-electron chi connectivity index (χ1n) is 6.08.